The van der Waals surface area contributed by atoms with Gasteiger partial charge in [-0.25, -0.2) is 0 Å². The fourth-order valence-corrected chi connectivity index (χ4v) is 5.28. The first-order chi connectivity index (χ1) is 19.6. The Morgan fingerprint density at radius 2 is 1.76 bits per heavy atom. The Balaban J connectivity index is 1.40. The molecule has 0 saturated carbocycles. The Kier molecular flexibility index (Phi) is 8.57. The van der Waals surface area contributed by atoms with E-state index >= 15 is 0 Å². The van der Waals surface area contributed by atoms with Crippen molar-refractivity contribution < 1.29 is 27.4 Å². The number of anilines is 2. The number of morpholine rings is 1. The molecule has 1 amide bonds. The van der Waals surface area contributed by atoms with Crippen LogP contribution in [0, 0.1) is 0 Å². The first-order valence-electron chi connectivity index (χ1n) is 13.8. The van der Waals surface area contributed by atoms with Gasteiger partial charge in [0.2, 0.25) is 0 Å². The molecule has 41 heavy (non-hydrogen) atoms. The highest BCUT2D eigenvalue weighted by Crippen LogP contribution is 2.38. The van der Waals surface area contributed by atoms with E-state index in [0.29, 0.717) is 22.0 Å². The van der Waals surface area contributed by atoms with Crippen LogP contribution in [0.4, 0.5) is 24.7 Å². The standard InChI is InChI=1S/C28H36F3N7O3/c1-18(28(29,30)31)41-24-17-20(15-22-25(24)26(32)35-34-22)19-3-4-21(27(39)33-2)23(16-19)38-9-7-36(8-10-38)5-6-37-11-13-40-14-12-37/h3-4,15-18H,5-14H2,1-2H3,(H,33,39)(H3,32,34,35). The van der Waals surface area contributed by atoms with Gasteiger partial charge in [0.05, 0.1) is 35.4 Å². The van der Waals surface area contributed by atoms with E-state index in [1.165, 1.54) is 0 Å². The van der Waals surface area contributed by atoms with Gasteiger partial charge >= 0.3 is 6.18 Å². The summed E-state index contributed by atoms with van der Waals surface area (Å²) in [4.78, 5) is 19.8. The molecule has 1 aromatic heterocycles. The lowest BCUT2D eigenvalue weighted by molar-refractivity contribution is -0.188. The largest absolute Gasteiger partial charge is 0.480 e. The molecule has 222 valence electrons. The second kappa shape index (κ2) is 12.1. The van der Waals surface area contributed by atoms with E-state index < -0.39 is 12.3 Å². The van der Waals surface area contributed by atoms with Crippen molar-refractivity contribution in [3.8, 4) is 16.9 Å². The molecule has 2 aliphatic rings. The van der Waals surface area contributed by atoms with Crippen molar-refractivity contribution in [2.75, 3.05) is 83.3 Å². The number of aromatic amines is 1. The molecule has 0 bridgehead atoms. The van der Waals surface area contributed by atoms with Crippen molar-refractivity contribution in [3.05, 3.63) is 35.9 Å². The van der Waals surface area contributed by atoms with Crippen LogP contribution in [0.15, 0.2) is 30.3 Å². The zero-order valence-electron chi connectivity index (χ0n) is 23.3. The van der Waals surface area contributed by atoms with E-state index in [1.54, 1.807) is 31.3 Å². The number of piperazine rings is 1. The fraction of sp³-hybridized carbons (Fsp3) is 0.500. The molecule has 3 heterocycles. The Labute approximate surface area is 236 Å². The third-order valence-electron chi connectivity index (χ3n) is 7.77. The molecule has 2 aromatic carbocycles. The third-order valence-corrected chi connectivity index (χ3v) is 7.77. The Morgan fingerprint density at radius 1 is 1.07 bits per heavy atom. The molecule has 0 radical (unpaired) electrons. The lowest BCUT2D eigenvalue weighted by Crippen LogP contribution is -2.49. The first kappa shape index (κ1) is 29.0. The number of hydrogen-bond donors (Lipinski definition) is 3. The maximum Gasteiger partial charge on any atom is 0.425 e. The van der Waals surface area contributed by atoms with Crippen LogP contribution in [0.3, 0.4) is 0 Å². The fourth-order valence-electron chi connectivity index (χ4n) is 5.28. The highest BCUT2D eigenvalue weighted by Gasteiger charge is 2.38. The summed E-state index contributed by atoms with van der Waals surface area (Å²) in [6.45, 7) is 9.60. The molecule has 1 atom stereocenters. The van der Waals surface area contributed by atoms with Gasteiger partial charge in [0.25, 0.3) is 5.91 Å². The number of nitrogens with one attached hydrogen (secondary N) is 2. The minimum Gasteiger partial charge on any atom is -0.480 e. The Hall–Kier alpha value is -3.55. The van der Waals surface area contributed by atoms with Gasteiger partial charge in [-0.05, 0) is 42.3 Å². The number of hydrogen-bond acceptors (Lipinski definition) is 8. The van der Waals surface area contributed by atoms with Gasteiger partial charge in [0.15, 0.2) is 11.9 Å². The summed E-state index contributed by atoms with van der Waals surface area (Å²) in [6.07, 6.45) is -6.59. The van der Waals surface area contributed by atoms with Gasteiger partial charge in [0, 0.05) is 59.4 Å². The molecular formula is C28H36F3N7O3. The maximum atomic E-state index is 13.3. The Morgan fingerprint density at radius 3 is 2.41 bits per heavy atom. The van der Waals surface area contributed by atoms with Gasteiger partial charge < -0.3 is 25.4 Å². The molecule has 4 N–H and O–H groups in total. The number of benzene rings is 2. The molecule has 2 aliphatic heterocycles. The van der Waals surface area contributed by atoms with Crippen molar-refractivity contribution in [3.63, 3.8) is 0 Å². The average Bonchev–Trinajstić information content (AvgIpc) is 3.36. The lowest BCUT2D eigenvalue weighted by Gasteiger charge is -2.38. The highest BCUT2D eigenvalue weighted by molar-refractivity contribution is 6.01. The summed E-state index contributed by atoms with van der Waals surface area (Å²) in [6, 6.07) is 8.75. The zero-order valence-corrected chi connectivity index (χ0v) is 23.3. The number of fused-ring (bicyclic) bond motifs is 1. The van der Waals surface area contributed by atoms with E-state index in [0.717, 1.165) is 83.7 Å². The van der Waals surface area contributed by atoms with E-state index in [4.69, 9.17) is 15.2 Å². The first-order valence-corrected chi connectivity index (χ1v) is 13.8. The summed E-state index contributed by atoms with van der Waals surface area (Å²) < 4.78 is 50.8. The number of carbonyl (C=O) groups is 1. The van der Waals surface area contributed by atoms with Crippen LogP contribution in [-0.2, 0) is 4.74 Å². The molecule has 5 rings (SSSR count). The molecular weight excluding hydrogens is 539 g/mol. The maximum absolute atomic E-state index is 13.3. The number of ether oxygens (including phenoxy) is 2. The molecule has 2 fully saturated rings. The minimum absolute atomic E-state index is 0.0145. The van der Waals surface area contributed by atoms with E-state index in [1.807, 2.05) is 6.07 Å². The number of carbonyl (C=O) groups excluding carboxylic acids is 1. The summed E-state index contributed by atoms with van der Waals surface area (Å²) >= 11 is 0. The second-order valence-electron chi connectivity index (χ2n) is 10.4. The number of aromatic nitrogens is 2. The number of halogens is 3. The predicted molar refractivity (Wildman–Crippen MR) is 151 cm³/mol. The number of alkyl halides is 3. The van der Waals surface area contributed by atoms with E-state index in [9.17, 15) is 18.0 Å². The molecule has 2 saturated heterocycles. The van der Waals surface area contributed by atoms with Crippen LogP contribution >= 0.6 is 0 Å². The topological polar surface area (TPSA) is 112 Å². The summed E-state index contributed by atoms with van der Waals surface area (Å²) in [7, 11) is 1.59. The minimum atomic E-state index is -4.55. The SMILES string of the molecule is CNC(=O)c1ccc(-c2cc(OC(C)C(F)(F)F)c3c(N)n[nH]c3c2)cc1N1CCN(CCN2CCOCC2)CC1. The van der Waals surface area contributed by atoms with Gasteiger partial charge in [-0.3, -0.25) is 19.7 Å². The van der Waals surface area contributed by atoms with Crippen molar-refractivity contribution in [1.82, 2.24) is 25.3 Å². The number of amides is 1. The Bertz CT molecular complexity index is 1370. The van der Waals surface area contributed by atoms with Crippen LogP contribution in [0.25, 0.3) is 22.0 Å². The van der Waals surface area contributed by atoms with Crippen LogP contribution in [0.5, 0.6) is 5.75 Å². The van der Waals surface area contributed by atoms with Crippen molar-refractivity contribution >= 4 is 28.3 Å². The van der Waals surface area contributed by atoms with Crippen molar-refractivity contribution in [1.29, 1.82) is 0 Å². The number of nitrogens with zero attached hydrogens (tertiary/aromatic N) is 4. The predicted octanol–water partition coefficient (Wildman–Crippen LogP) is 2.96. The third kappa shape index (κ3) is 6.52. The lowest BCUT2D eigenvalue weighted by atomic mass is 9.99. The van der Waals surface area contributed by atoms with Gasteiger partial charge in [-0.1, -0.05) is 6.07 Å². The molecule has 13 heteroatoms. The van der Waals surface area contributed by atoms with Crippen LogP contribution in [-0.4, -0.2) is 111 Å². The number of nitrogen functional groups attached to an aromatic ring is 1. The van der Waals surface area contributed by atoms with Crippen molar-refractivity contribution in [2.45, 2.75) is 19.2 Å². The van der Waals surface area contributed by atoms with Crippen LogP contribution in [0.1, 0.15) is 17.3 Å². The van der Waals surface area contributed by atoms with Crippen LogP contribution in [0.2, 0.25) is 0 Å². The molecule has 3 aromatic rings. The van der Waals surface area contributed by atoms with E-state index in [-0.39, 0.29) is 17.5 Å². The van der Waals surface area contributed by atoms with Gasteiger partial charge in [-0.15, -0.1) is 0 Å². The molecule has 1 unspecified atom stereocenters. The summed E-state index contributed by atoms with van der Waals surface area (Å²) in [5, 5.41) is 9.75. The average molecular weight is 576 g/mol. The summed E-state index contributed by atoms with van der Waals surface area (Å²) in [5.74, 6) is -0.168. The molecule has 10 nitrogen and oxygen atoms in total. The quantitative estimate of drug-likeness (QED) is 0.376. The van der Waals surface area contributed by atoms with E-state index in [2.05, 4.69) is 30.2 Å². The van der Waals surface area contributed by atoms with Gasteiger partial charge in [0.1, 0.15) is 5.75 Å². The number of H-pyrrole nitrogens is 1. The van der Waals surface area contributed by atoms with Crippen LogP contribution < -0.4 is 20.7 Å². The molecule has 0 aliphatic carbocycles. The summed E-state index contributed by atoms with van der Waals surface area (Å²) in [5.41, 5.74) is 9.04. The zero-order chi connectivity index (χ0) is 29.1. The van der Waals surface area contributed by atoms with Gasteiger partial charge in [-0.2, -0.15) is 18.3 Å². The monoisotopic (exact) mass is 575 g/mol. The number of nitrogens with two attached hydrogens (primary N) is 1. The highest BCUT2D eigenvalue weighted by atomic mass is 19.4. The van der Waals surface area contributed by atoms with Crippen molar-refractivity contribution in [2.24, 2.45) is 0 Å². The second-order valence-corrected chi connectivity index (χ2v) is 10.4. The molecule has 0 spiro atoms. The number of rotatable bonds is 8. The smallest absolute Gasteiger partial charge is 0.425 e. The normalized spacial score (nSPS) is 18.0.